The van der Waals surface area contributed by atoms with Crippen LogP contribution in [-0.2, 0) is 4.79 Å². The maximum Gasteiger partial charge on any atom is 0.212 e. The van der Waals surface area contributed by atoms with Crippen molar-refractivity contribution in [1.82, 2.24) is 24.6 Å². The molecule has 0 unspecified atom stereocenters. The Morgan fingerprint density at radius 1 is 1.30 bits per heavy atom. The molecule has 3 aromatic heterocycles. The lowest BCUT2D eigenvalue weighted by atomic mass is 10.0. The van der Waals surface area contributed by atoms with Gasteiger partial charge in [0.25, 0.3) is 0 Å². The number of benzene rings is 1. The zero-order chi connectivity index (χ0) is 18.5. The summed E-state index contributed by atoms with van der Waals surface area (Å²) in [4.78, 5) is 21.1. The molecule has 136 valence electrons. The SMILES string of the molecule is O=CNc1cn2cc(-c3c(Cl)c(F)c(N4CCC4)c4[nH]ncc34)ncc2n1. The summed E-state index contributed by atoms with van der Waals surface area (Å²) in [5.41, 5.74) is 2.53. The summed E-state index contributed by atoms with van der Waals surface area (Å²) in [6, 6.07) is 0. The van der Waals surface area contributed by atoms with Gasteiger partial charge in [-0.05, 0) is 6.42 Å². The number of fused-ring (bicyclic) bond motifs is 2. The minimum atomic E-state index is -0.487. The summed E-state index contributed by atoms with van der Waals surface area (Å²) in [5, 5.41) is 10.2. The van der Waals surface area contributed by atoms with Gasteiger partial charge in [-0.25, -0.2) is 9.37 Å². The van der Waals surface area contributed by atoms with Gasteiger partial charge in [-0.15, -0.1) is 0 Å². The number of carbonyl (C=O) groups is 1. The van der Waals surface area contributed by atoms with Crippen LogP contribution in [0.3, 0.4) is 0 Å². The summed E-state index contributed by atoms with van der Waals surface area (Å²) in [6.45, 7) is 1.57. The highest BCUT2D eigenvalue weighted by atomic mass is 35.5. The lowest BCUT2D eigenvalue weighted by Crippen LogP contribution is -2.37. The molecule has 8 nitrogen and oxygen atoms in total. The summed E-state index contributed by atoms with van der Waals surface area (Å²) >= 11 is 6.43. The van der Waals surface area contributed by atoms with Gasteiger partial charge in [0.15, 0.2) is 17.3 Å². The number of nitrogens with one attached hydrogen (secondary N) is 2. The number of H-pyrrole nitrogens is 1. The van der Waals surface area contributed by atoms with E-state index in [9.17, 15) is 4.79 Å². The number of hydrogen-bond donors (Lipinski definition) is 2. The summed E-state index contributed by atoms with van der Waals surface area (Å²) in [5.74, 6) is -0.0956. The quantitative estimate of drug-likeness (QED) is 0.527. The Labute approximate surface area is 157 Å². The largest absolute Gasteiger partial charge is 0.367 e. The highest BCUT2D eigenvalue weighted by molar-refractivity contribution is 6.35. The van der Waals surface area contributed by atoms with E-state index in [1.54, 1.807) is 23.0 Å². The molecule has 1 amide bonds. The van der Waals surface area contributed by atoms with E-state index < -0.39 is 5.82 Å². The first kappa shape index (κ1) is 16.0. The average Bonchev–Trinajstić information content (AvgIpc) is 3.23. The van der Waals surface area contributed by atoms with Gasteiger partial charge in [0, 0.05) is 30.2 Å². The number of rotatable bonds is 4. The number of halogens is 2. The van der Waals surface area contributed by atoms with Crippen molar-refractivity contribution < 1.29 is 9.18 Å². The minimum Gasteiger partial charge on any atom is -0.367 e. The van der Waals surface area contributed by atoms with Crippen molar-refractivity contribution >= 4 is 46.1 Å². The van der Waals surface area contributed by atoms with Gasteiger partial charge in [0.05, 0.1) is 34.8 Å². The fourth-order valence-electron chi connectivity index (χ4n) is 3.34. The van der Waals surface area contributed by atoms with E-state index >= 15 is 4.39 Å². The van der Waals surface area contributed by atoms with Crippen molar-refractivity contribution in [2.75, 3.05) is 23.3 Å². The molecule has 27 heavy (non-hydrogen) atoms. The van der Waals surface area contributed by atoms with Gasteiger partial charge in [-0.2, -0.15) is 5.10 Å². The molecule has 1 aliphatic rings. The topological polar surface area (TPSA) is 91.2 Å². The number of imidazole rings is 1. The maximum absolute atomic E-state index is 15.1. The molecular weight excluding hydrogens is 373 g/mol. The Balaban J connectivity index is 1.73. The maximum atomic E-state index is 15.1. The van der Waals surface area contributed by atoms with Crippen LogP contribution in [0.5, 0.6) is 0 Å². The number of carbonyl (C=O) groups excluding carboxylic acids is 1. The second-order valence-electron chi connectivity index (χ2n) is 6.28. The van der Waals surface area contributed by atoms with Gasteiger partial charge in [0.2, 0.25) is 6.41 Å². The van der Waals surface area contributed by atoms with E-state index in [0.717, 1.165) is 19.5 Å². The van der Waals surface area contributed by atoms with E-state index in [0.29, 0.717) is 45.7 Å². The van der Waals surface area contributed by atoms with Crippen LogP contribution in [0.15, 0.2) is 24.8 Å². The third-order valence-electron chi connectivity index (χ3n) is 4.74. The van der Waals surface area contributed by atoms with Gasteiger partial charge < -0.3 is 14.6 Å². The molecule has 1 saturated heterocycles. The predicted octanol–water partition coefficient (Wildman–Crippen LogP) is 2.84. The van der Waals surface area contributed by atoms with Gasteiger partial charge in [-0.3, -0.25) is 14.9 Å². The molecule has 0 spiro atoms. The Morgan fingerprint density at radius 3 is 2.89 bits per heavy atom. The Hall–Kier alpha value is -3.20. The molecule has 4 aromatic rings. The van der Waals surface area contributed by atoms with Crippen LogP contribution < -0.4 is 10.2 Å². The first-order valence-electron chi connectivity index (χ1n) is 8.31. The van der Waals surface area contributed by atoms with Gasteiger partial charge in [0.1, 0.15) is 5.69 Å². The van der Waals surface area contributed by atoms with Crippen molar-refractivity contribution in [3.8, 4) is 11.3 Å². The lowest BCUT2D eigenvalue weighted by Gasteiger charge is -2.34. The molecule has 0 radical (unpaired) electrons. The second-order valence-corrected chi connectivity index (χ2v) is 6.66. The summed E-state index contributed by atoms with van der Waals surface area (Å²) in [6.07, 6.45) is 8.05. The van der Waals surface area contributed by atoms with Crippen LogP contribution in [0.25, 0.3) is 27.8 Å². The Bertz CT molecular complexity index is 1200. The summed E-state index contributed by atoms with van der Waals surface area (Å²) < 4.78 is 16.8. The first-order valence-corrected chi connectivity index (χ1v) is 8.69. The van der Waals surface area contributed by atoms with Crippen LogP contribution in [0, 0.1) is 5.82 Å². The van der Waals surface area contributed by atoms with E-state index in [-0.39, 0.29) is 5.02 Å². The number of amides is 1. The number of anilines is 2. The Kier molecular flexibility index (Phi) is 3.51. The monoisotopic (exact) mass is 385 g/mol. The van der Waals surface area contributed by atoms with E-state index in [2.05, 4.69) is 25.5 Å². The summed E-state index contributed by atoms with van der Waals surface area (Å²) in [7, 11) is 0. The molecule has 4 heterocycles. The number of aromatic amines is 1. The molecule has 1 aromatic carbocycles. The standard InChI is InChI=1S/C17H13ClFN7O/c18-14-13(10-6-26-7-11(21-8-27)23-12(26)5-20-10)9-4-22-24-16(9)17(15(14)19)25-2-1-3-25/h4-8H,1-3H2,(H,21,27)(H,22,24). The third-order valence-corrected chi connectivity index (χ3v) is 5.10. The fraction of sp³-hybridized carbons (Fsp3) is 0.176. The highest BCUT2D eigenvalue weighted by Gasteiger charge is 2.27. The molecule has 1 aliphatic heterocycles. The molecule has 0 saturated carbocycles. The number of hydrogen-bond acceptors (Lipinski definition) is 5. The van der Waals surface area contributed by atoms with Gasteiger partial charge >= 0.3 is 0 Å². The van der Waals surface area contributed by atoms with Crippen molar-refractivity contribution in [2.24, 2.45) is 0 Å². The molecule has 0 bridgehead atoms. The van der Waals surface area contributed by atoms with Gasteiger partial charge in [-0.1, -0.05) is 11.6 Å². The molecular formula is C17H13ClFN7O. The zero-order valence-corrected chi connectivity index (χ0v) is 14.7. The van der Waals surface area contributed by atoms with Crippen LogP contribution in [0.2, 0.25) is 5.02 Å². The fourth-order valence-corrected chi connectivity index (χ4v) is 3.63. The van der Waals surface area contributed by atoms with Crippen LogP contribution in [0.4, 0.5) is 15.9 Å². The van der Waals surface area contributed by atoms with E-state index in [1.807, 2.05) is 4.90 Å². The van der Waals surface area contributed by atoms with Crippen molar-refractivity contribution in [3.63, 3.8) is 0 Å². The smallest absolute Gasteiger partial charge is 0.212 e. The van der Waals surface area contributed by atoms with Crippen LogP contribution in [-0.4, -0.2) is 44.1 Å². The molecule has 2 N–H and O–H groups in total. The molecule has 0 atom stereocenters. The molecule has 1 fully saturated rings. The van der Waals surface area contributed by atoms with Crippen molar-refractivity contribution in [1.29, 1.82) is 0 Å². The van der Waals surface area contributed by atoms with E-state index in [1.165, 1.54) is 6.20 Å². The van der Waals surface area contributed by atoms with Crippen molar-refractivity contribution in [2.45, 2.75) is 6.42 Å². The Morgan fingerprint density at radius 2 is 2.15 bits per heavy atom. The molecule has 5 rings (SSSR count). The second kappa shape index (κ2) is 5.92. The minimum absolute atomic E-state index is 0.00371. The molecule has 0 aliphatic carbocycles. The van der Waals surface area contributed by atoms with Crippen LogP contribution in [0.1, 0.15) is 6.42 Å². The molecule has 10 heteroatoms. The number of aromatic nitrogens is 5. The predicted molar refractivity (Wildman–Crippen MR) is 99.6 cm³/mol. The van der Waals surface area contributed by atoms with Crippen LogP contribution >= 0.6 is 11.6 Å². The first-order chi connectivity index (χ1) is 13.2. The highest BCUT2D eigenvalue weighted by Crippen LogP contribution is 2.43. The lowest BCUT2D eigenvalue weighted by molar-refractivity contribution is -0.105. The van der Waals surface area contributed by atoms with E-state index in [4.69, 9.17) is 11.6 Å². The normalized spacial score (nSPS) is 13.9. The van der Waals surface area contributed by atoms with Crippen molar-refractivity contribution in [3.05, 3.63) is 35.6 Å². The average molecular weight is 386 g/mol. The third kappa shape index (κ3) is 2.35. The zero-order valence-electron chi connectivity index (χ0n) is 13.9. The number of nitrogens with zero attached hydrogens (tertiary/aromatic N) is 5.